The number of likely N-dealkylation sites (N-methyl/N-ethyl adjacent to an activating group) is 1. The highest BCUT2D eigenvalue weighted by molar-refractivity contribution is 5.86. The van der Waals surface area contributed by atoms with Gasteiger partial charge >= 0.3 is 0 Å². The highest BCUT2D eigenvalue weighted by Gasteiger charge is 2.39. The minimum absolute atomic E-state index is 0.00685. The van der Waals surface area contributed by atoms with Gasteiger partial charge in [-0.3, -0.25) is 4.79 Å². The quantitative estimate of drug-likeness (QED) is 0.890. The van der Waals surface area contributed by atoms with Crippen molar-refractivity contribution in [3.63, 3.8) is 0 Å². The molecule has 4 nitrogen and oxygen atoms in total. The molecular weight excluding hydrogens is 252 g/mol. The van der Waals surface area contributed by atoms with Crippen LogP contribution in [0.3, 0.4) is 0 Å². The largest absolute Gasteiger partial charge is 0.508 e. The van der Waals surface area contributed by atoms with Gasteiger partial charge in [-0.1, -0.05) is 31.9 Å². The van der Waals surface area contributed by atoms with Crippen molar-refractivity contribution in [1.82, 2.24) is 4.90 Å². The van der Waals surface area contributed by atoms with Crippen LogP contribution in [0, 0.1) is 5.92 Å². The van der Waals surface area contributed by atoms with E-state index >= 15 is 0 Å². The Bertz CT molecular complexity index is 489. The van der Waals surface area contributed by atoms with Crippen LogP contribution in [0.4, 0.5) is 0 Å². The first-order valence-corrected chi connectivity index (χ1v) is 7.23. The van der Waals surface area contributed by atoms with Crippen molar-refractivity contribution in [2.45, 2.75) is 44.7 Å². The number of amides is 1. The van der Waals surface area contributed by atoms with Crippen LogP contribution in [-0.2, 0) is 11.3 Å². The fraction of sp³-hybridized carbons (Fsp3) is 0.562. The summed E-state index contributed by atoms with van der Waals surface area (Å²) in [7, 11) is 1.78. The Kier molecular flexibility index (Phi) is 4.33. The van der Waals surface area contributed by atoms with E-state index in [4.69, 9.17) is 5.73 Å². The number of hydrogen-bond donors (Lipinski definition) is 2. The maximum absolute atomic E-state index is 12.6. The number of rotatable bonds is 3. The smallest absolute Gasteiger partial charge is 0.242 e. The predicted molar refractivity (Wildman–Crippen MR) is 79.1 cm³/mol. The lowest BCUT2D eigenvalue weighted by Gasteiger charge is -2.38. The SMILES string of the molecule is CC1CCCC(N)(C(=O)N(C)Cc2cccc(O)c2)C1. The number of phenolic OH excluding ortho intramolecular Hbond substituents is 1. The van der Waals surface area contributed by atoms with Crippen LogP contribution in [-0.4, -0.2) is 28.5 Å². The van der Waals surface area contributed by atoms with E-state index in [0.29, 0.717) is 12.5 Å². The molecule has 0 heterocycles. The molecule has 0 spiro atoms. The van der Waals surface area contributed by atoms with Gasteiger partial charge in [0.05, 0.1) is 5.54 Å². The van der Waals surface area contributed by atoms with E-state index in [1.54, 1.807) is 30.1 Å². The summed E-state index contributed by atoms with van der Waals surface area (Å²) in [5, 5.41) is 9.47. The Hall–Kier alpha value is -1.55. The third-order valence-electron chi connectivity index (χ3n) is 4.14. The summed E-state index contributed by atoms with van der Waals surface area (Å²) >= 11 is 0. The lowest BCUT2D eigenvalue weighted by atomic mass is 9.76. The molecule has 4 heteroatoms. The molecule has 2 atom stereocenters. The van der Waals surface area contributed by atoms with Gasteiger partial charge in [-0.25, -0.2) is 0 Å². The van der Waals surface area contributed by atoms with Gasteiger partial charge in [-0.05, 0) is 36.5 Å². The van der Waals surface area contributed by atoms with Gasteiger partial charge < -0.3 is 15.7 Å². The predicted octanol–water partition coefficient (Wildman–Crippen LogP) is 2.26. The second kappa shape index (κ2) is 5.83. The molecule has 0 saturated heterocycles. The molecule has 2 unspecified atom stereocenters. The summed E-state index contributed by atoms with van der Waals surface area (Å²) in [6.45, 7) is 2.63. The Balaban J connectivity index is 2.04. The van der Waals surface area contributed by atoms with Gasteiger partial charge in [0, 0.05) is 13.6 Å². The van der Waals surface area contributed by atoms with E-state index in [-0.39, 0.29) is 11.7 Å². The number of carbonyl (C=O) groups is 1. The van der Waals surface area contributed by atoms with Crippen LogP contribution in [0.5, 0.6) is 5.75 Å². The third kappa shape index (κ3) is 3.31. The van der Waals surface area contributed by atoms with Gasteiger partial charge in [0.25, 0.3) is 0 Å². The molecule has 1 saturated carbocycles. The van der Waals surface area contributed by atoms with E-state index in [9.17, 15) is 9.90 Å². The van der Waals surface area contributed by atoms with Gasteiger partial charge in [0.15, 0.2) is 0 Å². The molecule has 0 aliphatic heterocycles. The summed E-state index contributed by atoms with van der Waals surface area (Å²) < 4.78 is 0. The fourth-order valence-electron chi connectivity index (χ4n) is 3.17. The molecule has 2 rings (SSSR count). The van der Waals surface area contributed by atoms with E-state index in [1.165, 1.54) is 0 Å². The zero-order valence-corrected chi connectivity index (χ0v) is 12.3. The first-order valence-electron chi connectivity index (χ1n) is 7.23. The summed E-state index contributed by atoms with van der Waals surface area (Å²) in [6, 6.07) is 6.98. The van der Waals surface area contributed by atoms with Crippen LogP contribution in [0.1, 0.15) is 38.2 Å². The Labute approximate surface area is 120 Å². The zero-order chi connectivity index (χ0) is 14.8. The summed E-state index contributed by atoms with van der Waals surface area (Å²) in [5.74, 6) is 0.733. The molecule has 1 amide bonds. The van der Waals surface area contributed by atoms with E-state index in [2.05, 4.69) is 6.92 Å². The van der Waals surface area contributed by atoms with Crippen molar-refractivity contribution in [2.75, 3.05) is 7.05 Å². The number of aromatic hydroxyl groups is 1. The Morgan fingerprint density at radius 3 is 2.95 bits per heavy atom. The normalized spacial score (nSPS) is 26.2. The molecule has 0 radical (unpaired) electrons. The third-order valence-corrected chi connectivity index (χ3v) is 4.14. The summed E-state index contributed by atoms with van der Waals surface area (Å²) in [5.41, 5.74) is 6.53. The summed E-state index contributed by atoms with van der Waals surface area (Å²) in [6.07, 6.45) is 3.70. The van der Waals surface area contributed by atoms with Crippen LogP contribution >= 0.6 is 0 Å². The minimum atomic E-state index is -0.719. The van der Waals surface area contributed by atoms with Crippen LogP contribution in [0.25, 0.3) is 0 Å². The highest BCUT2D eigenvalue weighted by atomic mass is 16.3. The monoisotopic (exact) mass is 276 g/mol. The van der Waals surface area contributed by atoms with Crippen molar-refractivity contribution in [3.05, 3.63) is 29.8 Å². The molecule has 1 aliphatic carbocycles. The molecule has 1 aromatic rings. The van der Waals surface area contributed by atoms with Crippen LogP contribution < -0.4 is 5.73 Å². The van der Waals surface area contributed by atoms with Gasteiger partial charge in [-0.15, -0.1) is 0 Å². The topological polar surface area (TPSA) is 66.6 Å². The molecule has 110 valence electrons. The second-order valence-corrected chi connectivity index (χ2v) is 6.19. The van der Waals surface area contributed by atoms with Crippen molar-refractivity contribution in [2.24, 2.45) is 11.7 Å². The molecule has 0 bridgehead atoms. The number of carbonyl (C=O) groups excluding carboxylic acids is 1. The number of phenols is 1. The Morgan fingerprint density at radius 1 is 1.55 bits per heavy atom. The van der Waals surface area contributed by atoms with E-state index < -0.39 is 5.54 Å². The first-order chi connectivity index (χ1) is 9.40. The number of hydrogen-bond acceptors (Lipinski definition) is 3. The van der Waals surface area contributed by atoms with E-state index in [0.717, 1.165) is 31.2 Å². The fourth-order valence-corrected chi connectivity index (χ4v) is 3.17. The zero-order valence-electron chi connectivity index (χ0n) is 12.3. The van der Waals surface area contributed by atoms with Gasteiger partial charge in [0.1, 0.15) is 5.75 Å². The molecule has 0 aromatic heterocycles. The molecule has 1 aliphatic rings. The van der Waals surface area contributed by atoms with Crippen molar-refractivity contribution in [3.8, 4) is 5.75 Å². The van der Waals surface area contributed by atoms with Gasteiger partial charge in [0.2, 0.25) is 5.91 Å². The maximum atomic E-state index is 12.6. The van der Waals surface area contributed by atoms with Crippen molar-refractivity contribution < 1.29 is 9.90 Å². The summed E-state index contributed by atoms with van der Waals surface area (Å²) in [4.78, 5) is 14.3. The number of nitrogens with two attached hydrogens (primary N) is 1. The maximum Gasteiger partial charge on any atom is 0.242 e. The average molecular weight is 276 g/mol. The number of benzene rings is 1. The lowest BCUT2D eigenvalue weighted by Crippen LogP contribution is -2.56. The van der Waals surface area contributed by atoms with Crippen LogP contribution in [0.15, 0.2) is 24.3 Å². The minimum Gasteiger partial charge on any atom is -0.508 e. The second-order valence-electron chi connectivity index (χ2n) is 6.19. The Morgan fingerprint density at radius 2 is 2.30 bits per heavy atom. The molecule has 1 fully saturated rings. The van der Waals surface area contributed by atoms with E-state index in [1.807, 2.05) is 6.07 Å². The van der Waals surface area contributed by atoms with Crippen molar-refractivity contribution >= 4 is 5.91 Å². The van der Waals surface area contributed by atoms with Crippen molar-refractivity contribution in [1.29, 1.82) is 0 Å². The molecule has 3 N–H and O–H groups in total. The molecule has 20 heavy (non-hydrogen) atoms. The molecule has 1 aromatic carbocycles. The highest BCUT2D eigenvalue weighted by Crippen LogP contribution is 2.31. The lowest BCUT2D eigenvalue weighted by molar-refractivity contribution is -0.138. The first kappa shape index (κ1) is 14.9. The standard InChI is InChI=1S/C16H24N2O2/c1-12-5-4-8-16(17,10-12)15(20)18(2)11-13-6-3-7-14(19)9-13/h3,6-7,9,12,19H,4-5,8,10-11,17H2,1-2H3. The van der Waals surface area contributed by atoms with Gasteiger partial charge in [-0.2, -0.15) is 0 Å². The van der Waals surface area contributed by atoms with Crippen LogP contribution in [0.2, 0.25) is 0 Å². The number of nitrogens with zero attached hydrogens (tertiary/aromatic N) is 1. The molecular formula is C16H24N2O2. The average Bonchev–Trinajstić information content (AvgIpc) is 2.37.